The van der Waals surface area contributed by atoms with Crippen molar-refractivity contribution in [1.29, 1.82) is 0 Å². The first-order valence-electron chi connectivity index (χ1n) is 6.50. The van der Waals surface area contributed by atoms with E-state index in [2.05, 4.69) is 5.32 Å². The summed E-state index contributed by atoms with van der Waals surface area (Å²) in [4.78, 5) is 11.8. The van der Waals surface area contributed by atoms with Gasteiger partial charge < -0.3 is 14.8 Å². The molecule has 0 saturated carbocycles. The SMILES string of the molecule is COc1cccc(NC(=O)CCOc2ccccc2Cl)c1. The molecule has 0 aromatic heterocycles. The summed E-state index contributed by atoms with van der Waals surface area (Å²) in [5.41, 5.74) is 0.692. The molecule has 110 valence electrons. The number of methoxy groups -OCH3 is 1. The van der Waals surface area contributed by atoms with Crippen LogP contribution in [0.3, 0.4) is 0 Å². The average Bonchev–Trinajstić information content (AvgIpc) is 2.49. The van der Waals surface area contributed by atoms with Gasteiger partial charge in [-0.3, -0.25) is 4.79 Å². The maximum atomic E-state index is 11.8. The van der Waals surface area contributed by atoms with Crippen molar-refractivity contribution in [3.8, 4) is 11.5 Å². The van der Waals surface area contributed by atoms with Gasteiger partial charge in [-0.15, -0.1) is 0 Å². The number of carbonyl (C=O) groups excluding carboxylic acids is 1. The zero-order valence-electron chi connectivity index (χ0n) is 11.6. The van der Waals surface area contributed by atoms with Crippen LogP contribution in [-0.4, -0.2) is 19.6 Å². The van der Waals surface area contributed by atoms with Gasteiger partial charge >= 0.3 is 0 Å². The molecule has 5 heteroatoms. The van der Waals surface area contributed by atoms with Crippen molar-refractivity contribution in [3.05, 3.63) is 53.6 Å². The molecular weight excluding hydrogens is 290 g/mol. The van der Waals surface area contributed by atoms with Crippen molar-refractivity contribution < 1.29 is 14.3 Å². The number of rotatable bonds is 6. The van der Waals surface area contributed by atoms with Crippen LogP contribution in [0.15, 0.2) is 48.5 Å². The first kappa shape index (κ1) is 15.2. The molecule has 0 aliphatic rings. The van der Waals surface area contributed by atoms with Gasteiger partial charge in [0.15, 0.2) is 0 Å². The quantitative estimate of drug-likeness (QED) is 0.884. The molecule has 0 aliphatic carbocycles. The molecule has 2 rings (SSSR count). The Hall–Kier alpha value is -2.20. The first-order valence-corrected chi connectivity index (χ1v) is 6.88. The number of hydrogen-bond acceptors (Lipinski definition) is 3. The van der Waals surface area contributed by atoms with Gasteiger partial charge in [0.25, 0.3) is 0 Å². The molecule has 21 heavy (non-hydrogen) atoms. The number of hydrogen-bond donors (Lipinski definition) is 1. The Kier molecular flexibility index (Phi) is 5.46. The predicted octanol–water partition coefficient (Wildman–Crippen LogP) is 3.76. The maximum absolute atomic E-state index is 11.8. The van der Waals surface area contributed by atoms with E-state index in [9.17, 15) is 4.79 Å². The molecule has 1 amide bonds. The molecule has 0 radical (unpaired) electrons. The van der Waals surface area contributed by atoms with Crippen LogP contribution in [0.2, 0.25) is 5.02 Å². The molecule has 0 fully saturated rings. The summed E-state index contributed by atoms with van der Waals surface area (Å²) in [6.07, 6.45) is 0.239. The minimum absolute atomic E-state index is 0.129. The second-order valence-electron chi connectivity index (χ2n) is 4.31. The Balaban J connectivity index is 1.81. The molecule has 2 aromatic carbocycles. The van der Waals surface area contributed by atoms with Gasteiger partial charge in [-0.1, -0.05) is 29.8 Å². The van der Waals surface area contributed by atoms with Crippen LogP contribution >= 0.6 is 11.6 Å². The van der Waals surface area contributed by atoms with Gasteiger partial charge in [0, 0.05) is 11.8 Å². The summed E-state index contributed by atoms with van der Waals surface area (Å²) in [7, 11) is 1.58. The summed E-state index contributed by atoms with van der Waals surface area (Å²) < 4.78 is 10.6. The highest BCUT2D eigenvalue weighted by atomic mass is 35.5. The van der Waals surface area contributed by atoms with Crippen LogP contribution in [0.5, 0.6) is 11.5 Å². The lowest BCUT2D eigenvalue weighted by Gasteiger charge is -2.09. The van der Waals surface area contributed by atoms with Crippen LogP contribution in [0.25, 0.3) is 0 Å². The van der Waals surface area contributed by atoms with Crippen molar-refractivity contribution in [3.63, 3.8) is 0 Å². The molecule has 4 nitrogen and oxygen atoms in total. The third kappa shape index (κ3) is 4.68. The Morgan fingerprint density at radius 3 is 2.76 bits per heavy atom. The fraction of sp³-hybridized carbons (Fsp3) is 0.188. The highest BCUT2D eigenvalue weighted by Crippen LogP contribution is 2.23. The topological polar surface area (TPSA) is 47.6 Å². The number of benzene rings is 2. The van der Waals surface area contributed by atoms with Crippen LogP contribution in [0.4, 0.5) is 5.69 Å². The summed E-state index contributed by atoms with van der Waals surface area (Å²) in [5, 5.41) is 3.32. The normalized spacial score (nSPS) is 10.0. The molecule has 0 saturated heterocycles. The molecule has 2 aromatic rings. The third-order valence-corrected chi connectivity index (χ3v) is 3.09. The van der Waals surface area contributed by atoms with Gasteiger partial charge in [0.2, 0.25) is 5.91 Å². The average molecular weight is 306 g/mol. The smallest absolute Gasteiger partial charge is 0.227 e. The number of amides is 1. The lowest BCUT2D eigenvalue weighted by molar-refractivity contribution is -0.116. The molecule has 0 spiro atoms. The maximum Gasteiger partial charge on any atom is 0.227 e. The van der Waals surface area contributed by atoms with Crippen molar-refractivity contribution in [1.82, 2.24) is 0 Å². The standard InChI is InChI=1S/C16H16ClNO3/c1-20-13-6-4-5-12(11-13)18-16(19)9-10-21-15-8-3-2-7-14(15)17/h2-8,11H,9-10H2,1H3,(H,18,19). The molecule has 0 unspecified atom stereocenters. The zero-order chi connectivity index (χ0) is 15.1. The van der Waals surface area contributed by atoms with Gasteiger partial charge in [-0.2, -0.15) is 0 Å². The Labute approximate surface area is 128 Å². The van der Waals surface area contributed by atoms with Crippen molar-refractivity contribution in [2.45, 2.75) is 6.42 Å². The Bertz CT molecular complexity index is 616. The van der Waals surface area contributed by atoms with E-state index in [4.69, 9.17) is 21.1 Å². The number of halogens is 1. The number of ether oxygens (including phenoxy) is 2. The lowest BCUT2D eigenvalue weighted by Crippen LogP contribution is -2.15. The van der Waals surface area contributed by atoms with Gasteiger partial charge in [-0.25, -0.2) is 0 Å². The highest BCUT2D eigenvalue weighted by molar-refractivity contribution is 6.32. The van der Waals surface area contributed by atoms with E-state index in [0.717, 1.165) is 0 Å². The molecule has 0 aliphatic heterocycles. The van der Waals surface area contributed by atoms with E-state index in [1.165, 1.54) is 0 Å². The minimum atomic E-state index is -0.129. The monoisotopic (exact) mass is 305 g/mol. The second-order valence-corrected chi connectivity index (χ2v) is 4.72. The number of carbonyl (C=O) groups is 1. The van der Waals surface area contributed by atoms with Crippen molar-refractivity contribution in [2.75, 3.05) is 19.0 Å². The lowest BCUT2D eigenvalue weighted by atomic mass is 10.3. The van der Waals surface area contributed by atoms with Crippen LogP contribution in [-0.2, 0) is 4.79 Å². The van der Waals surface area contributed by atoms with Crippen LogP contribution in [0.1, 0.15) is 6.42 Å². The van der Waals surface area contributed by atoms with Crippen molar-refractivity contribution >= 4 is 23.2 Å². The van der Waals surface area contributed by atoms with Gasteiger partial charge in [-0.05, 0) is 24.3 Å². The van der Waals surface area contributed by atoms with E-state index in [1.807, 2.05) is 24.3 Å². The van der Waals surface area contributed by atoms with Crippen LogP contribution in [0, 0.1) is 0 Å². The molecule has 1 N–H and O–H groups in total. The summed E-state index contributed by atoms with van der Waals surface area (Å²) in [6, 6.07) is 14.4. The van der Waals surface area contributed by atoms with Gasteiger partial charge in [0.1, 0.15) is 11.5 Å². The third-order valence-electron chi connectivity index (χ3n) is 2.78. The number of para-hydroxylation sites is 1. The Morgan fingerprint density at radius 2 is 2.00 bits per heavy atom. The molecular formula is C16H16ClNO3. The number of anilines is 1. The van der Waals surface area contributed by atoms with E-state index in [1.54, 1.807) is 31.4 Å². The summed E-state index contributed by atoms with van der Waals surface area (Å²) >= 11 is 5.96. The zero-order valence-corrected chi connectivity index (χ0v) is 12.4. The molecule has 0 heterocycles. The van der Waals surface area contributed by atoms with E-state index < -0.39 is 0 Å². The minimum Gasteiger partial charge on any atom is -0.497 e. The second kappa shape index (κ2) is 7.55. The van der Waals surface area contributed by atoms with E-state index >= 15 is 0 Å². The fourth-order valence-electron chi connectivity index (χ4n) is 1.74. The highest BCUT2D eigenvalue weighted by Gasteiger charge is 2.05. The predicted molar refractivity (Wildman–Crippen MR) is 83.2 cm³/mol. The Morgan fingerprint density at radius 1 is 1.19 bits per heavy atom. The van der Waals surface area contributed by atoms with Crippen molar-refractivity contribution in [2.24, 2.45) is 0 Å². The summed E-state index contributed by atoms with van der Waals surface area (Å²) in [6.45, 7) is 0.263. The van der Waals surface area contributed by atoms with E-state index in [-0.39, 0.29) is 18.9 Å². The molecule has 0 bridgehead atoms. The number of nitrogens with one attached hydrogen (secondary N) is 1. The van der Waals surface area contributed by atoms with Crippen LogP contribution < -0.4 is 14.8 Å². The van der Waals surface area contributed by atoms with Gasteiger partial charge in [0.05, 0.1) is 25.2 Å². The molecule has 0 atom stereocenters. The summed E-state index contributed by atoms with van der Waals surface area (Å²) in [5.74, 6) is 1.14. The van der Waals surface area contributed by atoms with E-state index in [0.29, 0.717) is 22.2 Å². The fourth-order valence-corrected chi connectivity index (χ4v) is 1.93. The first-order chi connectivity index (χ1) is 10.2. The largest absolute Gasteiger partial charge is 0.497 e.